The van der Waals surface area contributed by atoms with Crippen LogP contribution in [-0.4, -0.2) is 28.8 Å². The predicted octanol–water partition coefficient (Wildman–Crippen LogP) is 1.89. The average molecular weight is 221 g/mol. The highest BCUT2D eigenvalue weighted by Crippen LogP contribution is 2.18. The Morgan fingerprint density at radius 3 is 3.12 bits per heavy atom. The van der Waals surface area contributed by atoms with Crippen LogP contribution in [0, 0.1) is 0 Å². The van der Waals surface area contributed by atoms with Gasteiger partial charge in [-0.05, 0) is 31.4 Å². The van der Waals surface area contributed by atoms with Crippen molar-refractivity contribution >= 4 is 5.97 Å². The van der Waals surface area contributed by atoms with Gasteiger partial charge in [-0.2, -0.15) is 0 Å². The summed E-state index contributed by atoms with van der Waals surface area (Å²) in [6, 6.07) is 3.24. The fourth-order valence-corrected chi connectivity index (χ4v) is 1.98. The maximum absolute atomic E-state index is 11.0. The minimum Gasteiger partial charge on any atom is -0.478 e. The number of pyridine rings is 1. The second-order valence-electron chi connectivity index (χ2n) is 4.00. The molecule has 86 valence electrons. The highest BCUT2D eigenvalue weighted by molar-refractivity contribution is 5.88. The molecule has 16 heavy (non-hydrogen) atoms. The van der Waals surface area contributed by atoms with Crippen LogP contribution in [0.1, 0.15) is 35.3 Å². The van der Waals surface area contributed by atoms with Gasteiger partial charge in [-0.25, -0.2) is 4.79 Å². The highest BCUT2D eigenvalue weighted by atomic mass is 16.5. The summed E-state index contributed by atoms with van der Waals surface area (Å²) in [5.41, 5.74) is 0.915. The largest absolute Gasteiger partial charge is 0.478 e. The van der Waals surface area contributed by atoms with Gasteiger partial charge in [0.25, 0.3) is 0 Å². The number of ether oxygens (including phenoxy) is 1. The van der Waals surface area contributed by atoms with Crippen molar-refractivity contribution in [3.63, 3.8) is 0 Å². The molecule has 0 aliphatic carbocycles. The summed E-state index contributed by atoms with van der Waals surface area (Å²) >= 11 is 0. The number of aromatic carboxylic acids is 1. The normalized spacial score (nSPS) is 20.6. The summed E-state index contributed by atoms with van der Waals surface area (Å²) < 4.78 is 5.58. The summed E-state index contributed by atoms with van der Waals surface area (Å²) in [5, 5.41) is 9.01. The number of hydrogen-bond acceptors (Lipinski definition) is 3. The highest BCUT2D eigenvalue weighted by Gasteiger charge is 2.18. The van der Waals surface area contributed by atoms with Crippen LogP contribution in [-0.2, 0) is 11.2 Å². The van der Waals surface area contributed by atoms with Gasteiger partial charge in [-0.1, -0.05) is 0 Å². The SMILES string of the molecule is O=C(O)c1cccnc1CC1CCCCO1. The van der Waals surface area contributed by atoms with Crippen LogP contribution in [0.3, 0.4) is 0 Å². The van der Waals surface area contributed by atoms with Gasteiger partial charge in [0.05, 0.1) is 17.4 Å². The lowest BCUT2D eigenvalue weighted by molar-refractivity contribution is 0.0160. The zero-order chi connectivity index (χ0) is 11.4. The maximum Gasteiger partial charge on any atom is 0.337 e. The number of carboxylic acid groups (broad SMARTS) is 1. The minimum atomic E-state index is -0.918. The number of hydrogen-bond donors (Lipinski definition) is 1. The number of carboxylic acids is 1. The van der Waals surface area contributed by atoms with Crippen molar-refractivity contribution < 1.29 is 14.6 Å². The van der Waals surface area contributed by atoms with Crippen LogP contribution in [0.15, 0.2) is 18.3 Å². The fraction of sp³-hybridized carbons (Fsp3) is 0.500. The Hall–Kier alpha value is -1.42. The molecule has 2 rings (SSSR count). The van der Waals surface area contributed by atoms with Crippen LogP contribution in [0.4, 0.5) is 0 Å². The van der Waals surface area contributed by atoms with E-state index in [1.165, 1.54) is 0 Å². The molecule has 0 bridgehead atoms. The lowest BCUT2D eigenvalue weighted by atomic mass is 10.0. The van der Waals surface area contributed by atoms with Gasteiger partial charge in [0, 0.05) is 19.2 Å². The van der Waals surface area contributed by atoms with Crippen LogP contribution >= 0.6 is 0 Å². The lowest BCUT2D eigenvalue weighted by Crippen LogP contribution is -2.23. The van der Waals surface area contributed by atoms with E-state index < -0.39 is 5.97 Å². The zero-order valence-electron chi connectivity index (χ0n) is 9.06. The topological polar surface area (TPSA) is 59.4 Å². The van der Waals surface area contributed by atoms with Crippen LogP contribution < -0.4 is 0 Å². The van der Waals surface area contributed by atoms with E-state index in [-0.39, 0.29) is 11.7 Å². The van der Waals surface area contributed by atoms with Gasteiger partial charge in [0.2, 0.25) is 0 Å². The third-order valence-corrected chi connectivity index (χ3v) is 2.82. The molecule has 1 saturated heterocycles. The molecule has 1 N–H and O–H groups in total. The Balaban J connectivity index is 2.10. The molecule has 0 aromatic carbocycles. The maximum atomic E-state index is 11.0. The molecule has 0 spiro atoms. The van der Waals surface area contributed by atoms with Gasteiger partial charge in [-0.15, -0.1) is 0 Å². The number of nitrogens with zero attached hydrogens (tertiary/aromatic N) is 1. The van der Waals surface area contributed by atoms with Crippen molar-refractivity contribution in [3.8, 4) is 0 Å². The number of rotatable bonds is 3. The van der Waals surface area contributed by atoms with Crippen molar-refractivity contribution in [1.29, 1.82) is 0 Å². The summed E-state index contributed by atoms with van der Waals surface area (Å²) in [6.07, 6.45) is 5.61. The lowest BCUT2D eigenvalue weighted by Gasteiger charge is -2.22. The van der Waals surface area contributed by atoms with Crippen molar-refractivity contribution in [1.82, 2.24) is 4.98 Å². The van der Waals surface area contributed by atoms with E-state index in [9.17, 15) is 4.79 Å². The van der Waals surface area contributed by atoms with E-state index in [4.69, 9.17) is 9.84 Å². The van der Waals surface area contributed by atoms with Crippen molar-refractivity contribution in [2.75, 3.05) is 6.61 Å². The Bertz CT molecular complexity index is 372. The van der Waals surface area contributed by atoms with Gasteiger partial charge >= 0.3 is 5.97 Å². The molecule has 0 radical (unpaired) electrons. The van der Waals surface area contributed by atoms with Gasteiger partial charge < -0.3 is 9.84 Å². The standard InChI is InChI=1S/C12H15NO3/c14-12(15)10-5-3-6-13-11(10)8-9-4-1-2-7-16-9/h3,5-6,9H,1-2,4,7-8H2,(H,14,15). The summed E-state index contributed by atoms with van der Waals surface area (Å²) in [7, 11) is 0. The van der Waals surface area contributed by atoms with Gasteiger partial charge in [0.15, 0.2) is 0 Å². The second-order valence-corrected chi connectivity index (χ2v) is 4.00. The number of carbonyl (C=O) groups is 1. The number of aromatic nitrogens is 1. The molecule has 1 atom stereocenters. The molecule has 1 aromatic rings. The summed E-state index contributed by atoms with van der Waals surface area (Å²) in [5.74, 6) is -0.918. The van der Waals surface area contributed by atoms with Crippen molar-refractivity contribution in [3.05, 3.63) is 29.6 Å². The molecule has 4 heteroatoms. The van der Waals surface area contributed by atoms with E-state index in [0.717, 1.165) is 25.9 Å². The van der Waals surface area contributed by atoms with E-state index in [2.05, 4.69) is 4.98 Å². The summed E-state index contributed by atoms with van der Waals surface area (Å²) in [6.45, 7) is 0.778. The van der Waals surface area contributed by atoms with Crippen LogP contribution in [0.25, 0.3) is 0 Å². The molecule has 1 aliphatic rings. The first-order valence-corrected chi connectivity index (χ1v) is 5.56. The third-order valence-electron chi connectivity index (χ3n) is 2.82. The molecule has 1 unspecified atom stereocenters. The predicted molar refractivity (Wildman–Crippen MR) is 58.5 cm³/mol. The zero-order valence-corrected chi connectivity index (χ0v) is 9.06. The average Bonchev–Trinajstić information content (AvgIpc) is 2.31. The van der Waals surface area contributed by atoms with Crippen LogP contribution in [0.5, 0.6) is 0 Å². The van der Waals surface area contributed by atoms with Crippen molar-refractivity contribution in [2.45, 2.75) is 31.8 Å². The van der Waals surface area contributed by atoms with E-state index in [0.29, 0.717) is 12.1 Å². The monoisotopic (exact) mass is 221 g/mol. The minimum absolute atomic E-state index is 0.127. The van der Waals surface area contributed by atoms with E-state index >= 15 is 0 Å². The van der Waals surface area contributed by atoms with Crippen LogP contribution in [0.2, 0.25) is 0 Å². The molecule has 1 aliphatic heterocycles. The van der Waals surface area contributed by atoms with Crippen molar-refractivity contribution in [2.24, 2.45) is 0 Å². The second kappa shape index (κ2) is 5.07. The first-order chi connectivity index (χ1) is 7.77. The molecule has 1 aromatic heterocycles. The molecule has 4 nitrogen and oxygen atoms in total. The molecule has 1 fully saturated rings. The molecule has 2 heterocycles. The van der Waals surface area contributed by atoms with Gasteiger partial charge in [-0.3, -0.25) is 4.98 Å². The fourth-order valence-electron chi connectivity index (χ4n) is 1.98. The molecule has 0 saturated carbocycles. The van der Waals surface area contributed by atoms with E-state index in [1.807, 2.05) is 0 Å². The first kappa shape index (κ1) is 11.1. The third kappa shape index (κ3) is 2.58. The Morgan fingerprint density at radius 1 is 1.56 bits per heavy atom. The Kier molecular flexibility index (Phi) is 3.51. The quantitative estimate of drug-likeness (QED) is 0.846. The molecular weight excluding hydrogens is 206 g/mol. The Morgan fingerprint density at radius 2 is 2.44 bits per heavy atom. The molecular formula is C12H15NO3. The van der Waals surface area contributed by atoms with E-state index in [1.54, 1.807) is 18.3 Å². The smallest absolute Gasteiger partial charge is 0.337 e. The van der Waals surface area contributed by atoms with Gasteiger partial charge in [0.1, 0.15) is 0 Å². The first-order valence-electron chi connectivity index (χ1n) is 5.56. The molecule has 0 amide bonds. The Labute approximate surface area is 94.3 Å². The summed E-state index contributed by atoms with van der Waals surface area (Å²) in [4.78, 5) is 15.1.